The predicted octanol–water partition coefficient (Wildman–Crippen LogP) is 5.73. The van der Waals surface area contributed by atoms with Crippen molar-refractivity contribution in [3.63, 3.8) is 0 Å². The van der Waals surface area contributed by atoms with Gasteiger partial charge in [0.05, 0.1) is 30.5 Å². The van der Waals surface area contributed by atoms with Gasteiger partial charge < -0.3 is 14.8 Å². The standard InChI is InChI=1S/C33H43N5O3/c1-40-33-36-30-17-20-38(21-28(30)32(37-33)41-22-24-7-3-2-4-8-24)19-16-23-12-14-25(15-13-23)35-31(39)27-9-5-11-29-26(27)10-6-18-34-29/h5-6,9-11,18,23-25H,2-4,7-8,12-17,19-22H2,1H3,(H,35,39)/t23-,25-. The molecule has 2 aromatic heterocycles. The molecule has 2 fully saturated rings. The molecule has 0 saturated heterocycles. The van der Waals surface area contributed by atoms with Gasteiger partial charge in [-0.3, -0.25) is 14.7 Å². The van der Waals surface area contributed by atoms with Crippen molar-refractivity contribution in [1.29, 1.82) is 0 Å². The molecule has 218 valence electrons. The van der Waals surface area contributed by atoms with Crippen molar-refractivity contribution < 1.29 is 14.3 Å². The molecular formula is C33H43N5O3. The molecule has 6 rings (SSSR count). The van der Waals surface area contributed by atoms with E-state index in [0.29, 0.717) is 23.4 Å². The molecule has 3 aliphatic rings. The molecule has 3 heterocycles. The number of rotatable bonds is 9. The highest BCUT2D eigenvalue weighted by atomic mass is 16.5. The maximum Gasteiger partial charge on any atom is 0.319 e. The van der Waals surface area contributed by atoms with E-state index in [1.807, 2.05) is 30.3 Å². The zero-order valence-corrected chi connectivity index (χ0v) is 24.3. The summed E-state index contributed by atoms with van der Waals surface area (Å²) >= 11 is 0. The number of amides is 1. The number of fused-ring (bicyclic) bond motifs is 2. The van der Waals surface area contributed by atoms with Crippen LogP contribution in [0.4, 0.5) is 0 Å². The van der Waals surface area contributed by atoms with Gasteiger partial charge in [-0.2, -0.15) is 9.97 Å². The average Bonchev–Trinajstić information content (AvgIpc) is 3.03. The predicted molar refractivity (Wildman–Crippen MR) is 159 cm³/mol. The Morgan fingerprint density at radius 3 is 2.68 bits per heavy atom. The minimum absolute atomic E-state index is 0.0133. The molecule has 41 heavy (non-hydrogen) atoms. The third kappa shape index (κ3) is 6.80. The van der Waals surface area contributed by atoms with Gasteiger partial charge >= 0.3 is 6.01 Å². The first kappa shape index (κ1) is 27.9. The van der Waals surface area contributed by atoms with E-state index in [-0.39, 0.29) is 11.9 Å². The number of nitrogens with one attached hydrogen (secondary N) is 1. The number of pyridine rings is 1. The largest absolute Gasteiger partial charge is 0.477 e. The molecule has 0 radical (unpaired) electrons. The number of aromatic nitrogens is 3. The minimum atomic E-state index is 0.0133. The van der Waals surface area contributed by atoms with Gasteiger partial charge in [0.15, 0.2) is 0 Å². The van der Waals surface area contributed by atoms with Gasteiger partial charge in [0.25, 0.3) is 5.91 Å². The fraction of sp³-hybridized carbons (Fsp3) is 0.576. The zero-order chi connectivity index (χ0) is 28.0. The Labute approximate surface area is 243 Å². The van der Waals surface area contributed by atoms with Crippen LogP contribution in [0.25, 0.3) is 10.9 Å². The summed E-state index contributed by atoms with van der Waals surface area (Å²) in [6.07, 6.45) is 14.7. The molecule has 1 amide bonds. The van der Waals surface area contributed by atoms with Crippen LogP contribution in [0.3, 0.4) is 0 Å². The molecule has 3 aromatic rings. The Bertz CT molecular complexity index is 1330. The van der Waals surface area contributed by atoms with Crippen molar-refractivity contribution in [2.24, 2.45) is 11.8 Å². The van der Waals surface area contributed by atoms with Crippen LogP contribution in [-0.4, -0.2) is 58.6 Å². The van der Waals surface area contributed by atoms with Crippen LogP contribution in [-0.2, 0) is 13.0 Å². The molecule has 1 N–H and O–H groups in total. The summed E-state index contributed by atoms with van der Waals surface area (Å²) in [4.78, 5) is 29.3. The van der Waals surface area contributed by atoms with E-state index >= 15 is 0 Å². The van der Waals surface area contributed by atoms with E-state index in [1.54, 1.807) is 13.3 Å². The Morgan fingerprint density at radius 1 is 1.00 bits per heavy atom. The first-order chi connectivity index (χ1) is 20.2. The number of benzene rings is 1. The van der Waals surface area contributed by atoms with Gasteiger partial charge in [-0.15, -0.1) is 0 Å². The number of ether oxygens (including phenoxy) is 2. The van der Waals surface area contributed by atoms with Gasteiger partial charge in [0, 0.05) is 42.7 Å². The Hall–Kier alpha value is -3.26. The molecule has 0 unspecified atom stereocenters. The highest BCUT2D eigenvalue weighted by molar-refractivity contribution is 6.06. The molecule has 2 saturated carbocycles. The number of carbonyl (C=O) groups excluding carboxylic acids is 1. The number of nitrogens with zero attached hydrogens (tertiary/aromatic N) is 4. The van der Waals surface area contributed by atoms with Gasteiger partial charge in [-0.05, 0) is 81.5 Å². The fourth-order valence-corrected chi connectivity index (χ4v) is 6.90. The highest BCUT2D eigenvalue weighted by Gasteiger charge is 2.27. The zero-order valence-electron chi connectivity index (χ0n) is 24.3. The highest BCUT2D eigenvalue weighted by Crippen LogP contribution is 2.32. The summed E-state index contributed by atoms with van der Waals surface area (Å²) < 4.78 is 11.7. The van der Waals surface area contributed by atoms with Crippen molar-refractivity contribution >= 4 is 16.8 Å². The number of carbonyl (C=O) groups is 1. The van der Waals surface area contributed by atoms with Crippen LogP contribution in [0, 0.1) is 11.8 Å². The number of hydrogen-bond acceptors (Lipinski definition) is 7. The second-order valence-electron chi connectivity index (χ2n) is 12.1. The van der Waals surface area contributed by atoms with Gasteiger partial charge in [-0.25, -0.2) is 0 Å². The summed E-state index contributed by atoms with van der Waals surface area (Å²) in [6.45, 7) is 3.65. The average molecular weight is 558 g/mol. The van der Waals surface area contributed by atoms with Crippen molar-refractivity contribution in [3.05, 3.63) is 53.3 Å². The molecule has 0 atom stereocenters. The first-order valence-corrected chi connectivity index (χ1v) is 15.6. The topological polar surface area (TPSA) is 89.5 Å². The maximum absolute atomic E-state index is 13.1. The van der Waals surface area contributed by atoms with E-state index < -0.39 is 0 Å². The third-order valence-corrected chi connectivity index (χ3v) is 9.37. The summed E-state index contributed by atoms with van der Waals surface area (Å²) in [5.74, 6) is 2.06. The number of hydrogen-bond donors (Lipinski definition) is 1. The van der Waals surface area contributed by atoms with Crippen molar-refractivity contribution in [2.45, 2.75) is 83.2 Å². The lowest BCUT2D eigenvalue weighted by Gasteiger charge is -2.33. The van der Waals surface area contributed by atoms with E-state index in [2.05, 4.69) is 25.2 Å². The van der Waals surface area contributed by atoms with Crippen molar-refractivity contribution in [1.82, 2.24) is 25.2 Å². The lowest BCUT2D eigenvalue weighted by atomic mass is 9.83. The van der Waals surface area contributed by atoms with Gasteiger partial charge in [0.1, 0.15) is 0 Å². The third-order valence-electron chi connectivity index (χ3n) is 9.37. The summed E-state index contributed by atoms with van der Waals surface area (Å²) in [5, 5.41) is 4.21. The molecule has 1 aromatic carbocycles. The summed E-state index contributed by atoms with van der Waals surface area (Å²) in [5.41, 5.74) is 3.79. The van der Waals surface area contributed by atoms with Crippen LogP contribution in [0.1, 0.15) is 85.8 Å². The van der Waals surface area contributed by atoms with E-state index in [4.69, 9.17) is 9.47 Å². The monoisotopic (exact) mass is 557 g/mol. The summed E-state index contributed by atoms with van der Waals surface area (Å²) in [6, 6.07) is 10.3. The van der Waals surface area contributed by atoms with E-state index in [0.717, 1.165) is 86.4 Å². The van der Waals surface area contributed by atoms with Crippen LogP contribution in [0.5, 0.6) is 11.9 Å². The Kier molecular flexibility index (Phi) is 8.94. The first-order valence-electron chi connectivity index (χ1n) is 15.6. The van der Waals surface area contributed by atoms with Crippen LogP contribution in [0.2, 0.25) is 0 Å². The molecule has 8 heteroatoms. The smallest absolute Gasteiger partial charge is 0.319 e. The minimum Gasteiger partial charge on any atom is -0.477 e. The normalized spacial score (nSPS) is 21.8. The quantitative estimate of drug-likeness (QED) is 0.359. The lowest BCUT2D eigenvalue weighted by molar-refractivity contribution is 0.0921. The Morgan fingerprint density at radius 2 is 1.85 bits per heavy atom. The maximum atomic E-state index is 13.1. The molecule has 2 aliphatic carbocycles. The Balaban J connectivity index is 0.991. The van der Waals surface area contributed by atoms with Crippen molar-refractivity contribution in [3.8, 4) is 11.9 Å². The van der Waals surface area contributed by atoms with Crippen LogP contribution in [0.15, 0.2) is 36.5 Å². The van der Waals surface area contributed by atoms with E-state index in [1.165, 1.54) is 38.5 Å². The molecule has 8 nitrogen and oxygen atoms in total. The fourth-order valence-electron chi connectivity index (χ4n) is 6.90. The van der Waals surface area contributed by atoms with Gasteiger partial charge in [-0.1, -0.05) is 31.4 Å². The molecule has 1 aliphatic heterocycles. The lowest BCUT2D eigenvalue weighted by Crippen LogP contribution is -2.38. The molecule has 0 spiro atoms. The van der Waals surface area contributed by atoms with Crippen molar-refractivity contribution in [2.75, 3.05) is 26.8 Å². The van der Waals surface area contributed by atoms with Crippen LogP contribution < -0.4 is 14.8 Å². The number of methoxy groups -OCH3 is 1. The molecular weight excluding hydrogens is 514 g/mol. The van der Waals surface area contributed by atoms with Crippen LogP contribution >= 0.6 is 0 Å². The SMILES string of the molecule is COc1nc2c(c(OCC3CCCCC3)n1)CN(CC[C@H]1CC[C@H](NC(=O)c3cccc4ncccc34)CC1)CC2. The van der Waals surface area contributed by atoms with Gasteiger partial charge in [0.2, 0.25) is 5.88 Å². The second kappa shape index (κ2) is 13.1. The van der Waals surface area contributed by atoms with E-state index in [9.17, 15) is 4.79 Å². The second-order valence-corrected chi connectivity index (χ2v) is 12.1. The summed E-state index contributed by atoms with van der Waals surface area (Å²) in [7, 11) is 1.63. The molecule has 0 bridgehead atoms.